The van der Waals surface area contributed by atoms with Crippen LogP contribution in [0.2, 0.25) is 0 Å². The lowest BCUT2D eigenvalue weighted by atomic mass is 10.00. The van der Waals surface area contributed by atoms with Crippen molar-refractivity contribution in [3.8, 4) is 0 Å². The summed E-state index contributed by atoms with van der Waals surface area (Å²) in [5, 5.41) is 3.10. The van der Waals surface area contributed by atoms with Gasteiger partial charge in [-0.3, -0.25) is 0 Å². The van der Waals surface area contributed by atoms with E-state index in [2.05, 4.69) is 31.3 Å². The second-order valence-corrected chi connectivity index (χ2v) is 5.95. The Morgan fingerprint density at radius 3 is 2.05 bits per heavy atom. The van der Waals surface area contributed by atoms with Crippen LogP contribution in [0.4, 0.5) is 13.2 Å². The molecule has 0 bridgehead atoms. The molecule has 1 aromatic rings. The molecule has 0 aliphatic rings. The van der Waals surface area contributed by atoms with Crippen molar-refractivity contribution in [1.82, 2.24) is 5.32 Å². The predicted molar refractivity (Wildman–Crippen MR) is 75.5 cm³/mol. The molecule has 1 unspecified atom stereocenters. The van der Waals surface area contributed by atoms with Gasteiger partial charge in [-0.2, -0.15) is 13.2 Å². The van der Waals surface area contributed by atoms with Gasteiger partial charge in [0.05, 0.1) is 0 Å². The highest BCUT2D eigenvalue weighted by molar-refractivity contribution is 8.00. The maximum Gasteiger partial charge on any atom is 0.441 e. The van der Waals surface area contributed by atoms with Crippen LogP contribution in [0.5, 0.6) is 0 Å². The second kappa shape index (κ2) is 7.20. The molecular weight excluding hydrogens is 271 g/mol. The van der Waals surface area contributed by atoms with E-state index in [0.29, 0.717) is 12.5 Å². The maximum absolute atomic E-state index is 12.0. The highest BCUT2D eigenvalue weighted by Crippen LogP contribution is 2.29. The summed E-state index contributed by atoms with van der Waals surface area (Å²) in [5.74, 6) is 0.526. The number of hydrogen-bond donors (Lipinski definition) is 1. The van der Waals surface area contributed by atoms with Gasteiger partial charge < -0.3 is 5.32 Å². The van der Waals surface area contributed by atoms with Crippen molar-refractivity contribution in [3.63, 3.8) is 0 Å². The van der Waals surface area contributed by atoms with Gasteiger partial charge in [-0.15, -0.1) is 0 Å². The summed E-state index contributed by atoms with van der Waals surface area (Å²) >= 11 is 0.0146. The number of thioether (sulfide) groups is 1. The van der Waals surface area contributed by atoms with E-state index in [-0.39, 0.29) is 23.6 Å². The number of halogens is 3. The maximum atomic E-state index is 12.0. The molecule has 0 amide bonds. The fourth-order valence-electron chi connectivity index (χ4n) is 1.73. The molecule has 0 radical (unpaired) electrons. The Balaban J connectivity index is 2.39. The van der Waals surface area contributed by atoms with Crippen LogP contribution in [0.3, 0.4) is 0 Å². The first-order chi connectivity index (χ1) is 8.79. The van der Waals surface area contributed by atoms with Gasteiger partial charge in [-0.1, -0.05) is 38.1 Å². The van der Waals surface area contributed by atoms with Gasteiger partial charge >= 0.3 is 5.51 Å². The summed E-state index contributed by atoms with van der Waals surface area (Å²) < 4.78 is 35.9. The Morgan fingerprint density at radius 1 is 1.05 bits per heavy atom. The number of benzene rings is 1. The molecule has 1 atom stereocenters. The van der Waals surface area contributed by atoms with Crippen molar-refractivity contribution >= 4 is 11.8 Å². The summed E-state index contributed by atoms with van der Waals surface area (Å²) in [6.07, 6.45) is 0. The minimum absolute atomic E-state index is 0.0146. The van der Waals surface area contributed by atoms with Crippen molar-refractivity contribution in [1.29, 1.82) is 0 Å². The van der Waals surface area contributed by atoms with Gasteiger partial charge in [-0.05, 0) is 35.7 Å². The summed E-state index contributed by atoms with van der Waals surface area (Å²) in [6.45, 7) is 6.57. The summed E-state index contributed by atoms with van der Waals surface area (Å²) in [7, 11) is 0. The molecule has 0 saturated carbocycles. The minimum atomic E-state index is -4.14. The molecule has 0 aliphatic carbocycles. The van der Waals surface area contributed by atoms with Gasteiger partial charge in [0.1, 0.15) is 0 Å². The highest BCUT2D eigenvalue weighted by atomic mass is 32.2. The molecule has 0 aromatic heterocycles. The Hall–Kier alpha value is -0.680. The van der Waals surface area contributed by atoms with Crippen molar-refractivity contribution in [2.45, 2.75) is 38.2 Å². The van der Waals surface area contributed by atoms with Crippen molar-refractivity contribution in [2.75, 3.05) is 12.3 Å². The monoisotopic (exact) mass is 291 g/mol. The molecule has 1 aromatic carbocycles. The average Bonchev–Trinajstić information content (AvgIpc) is 2.33. The Labute approximate surface area is 117 Å². The van der Waals surface area contributed by atoms with E-state index in [0.717, 1.165) is 5.56 Å². The quantitative estimate of drug-likeness (QED) is 0.762. The van der Waals surface area contributed by atoms with E-state index in [4.69, 9.17) is 0 Å². The zero-order valence-electron chi connectivity index (χ0n) is 11.4. The van der Waals surface area contributed by atoms with Crippen LogP contribution in [0.25, 0.3) is 0 Å². The number of nitrogens with one attached hydrogen (secondary N) is 1. The summed E-state index contributed by atoms with van der Waals surface area (Å²) in [4.78, 5) is 0. The van der Waals surface area contributed by atoms with Crippen molar-refractivity contribution in [3.05, 3.63) is 35.4 Å². The van der Waals surface area contributed by atoms with Crippen molar-refractivity contribution < 1.29 is 13.2 Å². The first-order valence-corrected chi connectivity index (χ1v) is 7.32. The topological polar surface area (TPSA) is 12.0 Å². The molecule has 108 valence electrons. The van der Waals surface area contributed by atoms with Gasteiger partial charge in [0.2, 0.25) is 0 Å². The van der Waals surface area contributed by atoms with E-state index in [9.17, 15) is 13.2 Å². The zero-order valence-corrected chi connectivity index (χ0v) is 12.2. The molecule has 19 heavy (non-hydrogen) atoms. The Bertz CT molecular complexity index is 373. The number of hydrogen-bond acceptors (Lipinski definition) is 2. The Morgan fingerprint density at radius 2 is 1.58 bits per heavy atom. The lowest BCUT2D eigenvalue weighted by Crippen LogP contribution is -2.22. The van der Waals surface area contributed by atoms with Crippen LogP contribution in [0.15, 0.2) is 24.3 Å². The third-order valence-electron chi connectivity index (χ3n) is 2.92. The van der Waals surface area contributed by atoms with Crippen LogP contribution < -0.4 is 5.32 Å². The first-order valence-electron chi connectivity index (χ1n) is 6.33. The molecule has 1 rings (SSSR count). The molecule has 5 heteroatoms. The third-order valence-corrected chi connectivity index (χ3v) is 3.66. The first kappa shape index (κ1) is 16.4. The summed E-state index contributed by atoms with van der Waals surface area (Å²) in [6, 6.07) is 8.27. The fourth-order valence-corrected chi connectivity index (χ4v) is 2.18. The van der Waals surface area contributed by atoms with E-state index >= 15 is 0 Å². The number of alkyl halides is 3. The largest absolute Gasteiger partial charge is 0.441 e. The van der Waals surface area contributed by atoms with E-state index in [1.807, 2.05) is 19.1 Å². The van der Waals surface area contributed by atoms with Gasteiger partial charge in [0.25, 0.3) is 0 Å². The van der Waals surface area contributed by atoms with Crippen LogP contribution in [0.1, 0.15) is 43.9 Å². The van der Waals surface area contributed by atoms with Gasteiger partial charge in [-0.25, -0.2) is 0 Å². The van der Waals surface area contributed by atoms with Crippen molar-refractivity contribution in [2.24, 2.45) is 0 Å². The van der Waals surface area contributed by atoms with E-state index < -0.39 is 5.51 Å². The smallest absolute Gasteiger partial charge is 0.309 e. The standard InChI is InChI=1S/C14H20F3NS/c1-10(2)12-4-6-13(7-5-12)11(3)18-8-9-19-14(15,16)17/h4-7,10-11,18H,8-9H2,1-3H3. The minimum Gasteiger partial charge on any atom is -0.309 e. The zero-order chi connectivity index (χ0) is 14.5. The average molecular weight is 291 g/mol. The fraction of sp³-hybridized carbons (Fsp3) is 0.571. The van der Waals surface area contributed by atoms with Crippen LogP contribution in [0, 0.1) is 0 Å². The molecule has 0 heterocycles. The van der Waals surface area contributed by atoms with E-state index in [1.165, 1.54) is 5.56 Å². The molecule has 0 aliphatic heterocycles. The molecule has 0 fully saturated rings. The summed E-state index contributed by atoms with van der Waals surface area (Å²) in [5.41, 5.74) is -1.77. The molecule has 0 spiro atoms. The SMILES string of the molecule is CC(C)c1ccc(C(C)NCCSC(F)(F)F)cc1. The Kier molecular flexibility index (Phi) is 6.20. The molecule has 1 nitrogen and oxygen atoms in total. The van der Waals surface area contributed by atoms with Crippen LogP contribution in [-0.2, 0) is 0 Å². The van der Waals surface area contributed by atoms with Gasteiger partial charge in [0, 0.05) is 18.3 Å². The van der Waals surface area contributed by atoms with Crippen LogP contribution in [-0.4, -0.2) is 17.8 Å². The molecule has 1 N–H and O–H groups in total. The number of rotatable bonds is 6. The lowest BCUT2D eigenvalue weighted by molar-refractivity contribution is -0.0327. The second-order valence-electron chi connectivity index (χ2n) is 4.79. The highest BCUT2D eigenvalue weighted by Gasteiger charge is 2.27. The van der Waals surface area contributed by atoms with Crippen LogP contribution >= 0.6 is 11.8 Å². The van der Waals surface area contributed by atoms with Gasteiger partial charge in [0.15, 0.2) is 0 Å². The van der Waals surface area contributed by atoms with E-state index in [1.54, 1.807) is 0 Å². The normalized spacial score (nSPS) is 13.8. The molecule has 0 saturated heterocycles. The third kappa shape index (κ3) is 6.34. The predicted octanol–water partition coefficient (Wildman–Crippen LogP) is 4.71. The lowest BCUT2D eigenvalue weighted by Gasteiger charge is -2.15. The molecular formula is C14H20F3NS.